The van der Waals surface area contributed by atoms with Gasteiger partial charge in [-0.25, -0.2) is 9.67 Å². The molecule has 2 aromatic heterocycles. The van der Waals surface area contributed by atoms with E-state index in [-0.39, 0.29) is 11.3 Å². The summed E-state index contributed by atoms with van der Waals surface area (Å²) in [4.78, 5) is 15.4. The predicted octanol–water partition coefficient (Wildman–Crippen LogP) is 1.29. The van der Waals surface area contributed by atoms with Gasteiger partial charge < -0.3 is 9.52 Å². The number of hydrogen-bond acceptors (Lipinski definition) is 5. The van der Waals surface area contributed by atoms with Crippen molar-refractivity contribution in [1.82, 2.24) is 14.8 Å². The van der Waals surface area contributed by atoms with Crippen molar-refractivity contribution in [3.05, 3.63) is 40.7 Å². The maximum Gasteiger partial charge on any atom is 0.266 e. The molecular formula is C12H9N3O3. The lowest BCUT2D eigenvalue weighted by Crippen LogP contribution is -2.18. The number of aromatic hydroxyl groups is 1. The van der Waals surface area contributed by atoms with Crippen LogP contribution in [0.1, 0.15) is 0 Å². The van der Waals surface area contributed by atoms with Gasteiger partial charge in [-0.1, -0.05) is 0 Å². The molecule has 2 heterocycles. The summed E-state index contributed by atoms with van der Waals surface area (Å²) in [6.07, 6.45) is 0. The standard InChI is InChI=1S/C12H9N3O3/c1-15-11(17)5-3-8(14-15)12-13-9-6-7(16)2-4-10(9)18-12/h2-6,16H,1H3. The fourth-order valence-corrected chi connectivity index (χ4v) is 1.64. The second-order valence-electron chi connectivity index (χ2n) is 3.85. The lowest BCUT2D eigenvalue weighted by Gasteiger charge is -1.96. The van der Waals surface area contributed by atoms with Crippen LogP contribution in [0.3, 0.4) is 0 Å². The number of aromatic nitrogens is 3. The Kier molecular flexibility index (Phi) is 2.16. The van der Waals surface area contributed by atoms with E-state index >= 15 is 0 Å². The molecule has 0 amide bonds. The van der Waals surface area contributed by atoms with Crippen LogP contribution in [0.25, 0.3) is 22.7 Å². The molecule has 3 rings (SSSR count). The van der Waals surface area contributed by atoms with Gasteiger partial charge in [-0.05, 0) is 18.2 Å². The molecule has 6 nitrogen and oxygen atoms in total. The number of nitrogens with zero attached hydrogens (tertiary/aromatic N) is 3. The zero-order chi connectivity index (χ0) is 12.7. The Hall–Kier alpha value is -2.63. The van der Waals surface area contributed by atoms with E-state index in [0.717, 1.165) is 0 Å². The first-order valence-electron chi connectivity index (χ1n) is 5.28. The molecule has 0 aliphatic carbocycles. The number of fused-ring (bicyclic) bond motifs is 1. The normalized spacial score (nSPS) is 10.9. The van der Waals surface area contributed by atoms with Gasteiger partial charge in [0.25, 0.3) is 5.56 Å². The molecule has 3 aromatic rings. The van der Waals surface area contributed by atoms with E-state index in [1.807, 2.05) is 0 Å². The minimum absolute atomic E-state index is 0.121. The summed E-state index contributed by atoms with van der Waals surface area (Å²) in [6, 6.07) is 7.60. The van der Waals surface area contributed by atoms with Crippen molar-refractivity contribution in [2.24, 2.45) is 7.05 Å². The van der Waals surface area contributed by atoms with Gasteiger partial charge in [0.1, 0.15) is 17.0 Å². The number of hydrogen-bond donors (Lipinski definition) is 1. The molecule has 0 aliphatic rings. The highest BCUT2D eigenvalue weighted by Crippen LogP contribution is 2.24. The van der Waals surface area contributed by atoms with Crippen molar-refractivity contribution in [3.63, 3.8) is 0 Å². The van der Waals surface area contributed by atoms with Crippen molar-refractivity contribution in [2.75, 3.05) is 0 Å². The van der Waals surface area contributed by atoms with Crippen LogP contribution in [0, 0.1) is 0 Å². The third kappa shape index (κ3) is 1.64. The molecule has 0 unspecified atom stereocenters. The molecule has 1 aromatic carbocycles. The van der Waals surface area contributed by atoms with Gasteiger partial charge in [-0.15, -0.1) is 0 Å². The van der Waals surface area contributed by atoms with Crippen LogP contribution >= 0.6 is 0 Å². The van der Waals surface area contributed by atoms with E-state index < -0.39 is 0 Å². The Labute approximate surface area is 101 Å². The van der Waals surface area contributed by atoms with Crippen LogP contribution in [0.15, 0.2) is 39.5 Å². The van der Waals surface area contributed by atoms with Crippen LogP contribution < -0.4 is 5.56 Å². The first-order chi connectivity index (χ1) is 8.63. The Balaban J connectivity index is 2.19. The fraction of sp³-hybridized carbons (Fsp3) is 0.0833. The molecule has 0 saturated carbocycles. The molecule has 0 bridgehead atoms. The topological polar surface area (TPSA) is 81.2 Å². The third-order valence-corrected chi connectivity index (χ3v) is 2.55. The smallest absolute Gasteiger partial charge is 0.266 e. The molecule has 6 heteroatoms. The minimum atomic E-state index is -0.201. The average Bonchev–Trinajstić information content (AvgIpc) is 2.75. The van der Waals surface area contributed by atoms with Crippen molar-refractivity contribution < 1.29 is 9.52 Å². The van der Waals surface area contributed by atoms with Crippen LogP contribution in [0.4, 0.5) is 0 Å². The van der Waals surface area contributed by atoms with Gasteiger partial charge in [0.2, 0.25) is 5.89 Å². The average molecular weight is 243 g/mol. The summed E-state index contributed by atoms with van der Waals surface area (Å²) >= 11 is 0. The van der Waals surface area contributed by atoms with Gasteiger partial charge in [0.15, 0.2) is 5.58 Å². The highest BCUT2D eigenvalue weighted by Gasteiger charge is 2.10. The van der Waals surface area contributed by atoms with Gasteiger partial charge in [0.05, 0.1) is 0 Å². The third-order valence-electron chi connectivity index (χ3n) is 2.55. The first kappa shape index (κ1) is 10.5. The van der Waals surface area contributed by atoms with Crippen LogP contribution in [0.2, 0.25) is 0 Å². The molecule has 0 aliphatic heterocycles. The summed E-state index contributed by atoms with van der Waals surface area (Å²) < 4.78 is 6.71. The summed E-state index contributed by atoms with van der Waals surface area (Å²) in [6.45, 7) is 0. The van der Waals surface area contributed by atoms with E-state index in [1.54, 1.807) is 19.2 Å². The van der Waals surface area contributed by atoms with E-state index in [9.17, 15) is 9.90 Å². The summed E-state index contributed by atoms with van der Waals surface area (Å²) in [7, 11) is 1.56. The van der Waals surface area contributed by atoms with Crippen molar-refractivity contribution in [1.29, 1.82) is 0 Å². The van der Waals surface area contributed by atoms with Gasteiger partial charge in [-0.2, -0.15) is 5.10 Å². The van der Waals surface area contributed by atoms with Crippen LogP contribution in [-0.2, 0) is 7.05 Å². The number of aryl methyl sites for hydroxylation is 1. The Morgan fingerprint density at radius 2 is 2.11 bits per heavy atom. The maximum absolute atomic E-state index is 11.2. The minimum Gasteiger partial charge on any atom is -0.508 e. The highest BCUT2D eigenvalue weighted by molar-refractivity contribution is 5.76. The Morgan fingerprint density at radius 1 is 1.28 bits per heavy atom. The first-order valence-corrected chi connectivity index (χ1v) is 5.28. The highest BCUT2D eigenvalue weighted by atomic mass is 16.3. The molecular weight excluding hydrogens is 234 g/mol. The second kappa shape index (κ2) is 3.69. The Morgan fingerprint density at radius 3 is 2.89 bits per heavy atom. The zero-order valence-electron chi connectivity index (χ0n) is 9.49. The number of oxazole rings is 1. The number of rotatable bonds is 1. The van der Waals surface area contributed by atoms with Gasteiger partial charge in [-0.3, -0.25) is 4.79 Å². The molecule has 90 valence electrons. The number of benzene rings is 1. The molecule has 0 spiro atoms. The van der Waals surface area contributed by atoms with Crippen molar-refractivity contribution in [3.8, 4) is 17.3 Å². The Bertz CT molecular complexity index is 789. The van der Waals surface area contributed by atoms with Gasteiger partial charge in [0, 0.05) is 19.2 Å². The number of phenols is 1. The summed E-state index contributed by atoms with van der Waals surface area (Å²) in [5, 5.41) is 13.4. The van der Waals surface area contributed by atoms with Crippen molar-refractivity contribution >= 4 is 11.1 Å². The zero-order valence-corrected chi connectivity index (χ0v) is 9.49. The molecule has 0 fully saturated rings. The second-order valence-corrected chi connectivity index (χ2v) is 3.85. The molecule has 0 saturated heterocycles. The predicted molar refractivity (Wildman–Crippen MR) is 64.1 cm³/mol. The molecule has 0 radical (unpaired) electrons. The van der Waals surface area contributed by atoms with E-state index in [0.29, 0.717) is 22.7 Å². The lowest BCUT2D eigenvalue weighted by molar-refractivity contribution is 0.476. The summed E-state index contributed by atoms with van der Waals surface area (Å²) in [5.74, 6) is 0.432. The largest absolute Gasteiger partial charge is 0.508 e. The van der Waals surface area contributed by atoms with Crippen LogP contribution in [0.5, 0.6) is 5.75 Å². The van der Waals surface area contributed by atoms with Gasteiger partial charge >= 0.3 is 0 Å². The quantitative estimate of drug-likeness (QED) is 0.696. The van der Waals surface area contributed by atoms with E-state index in [4.69, 9.17) is 4.42 Å². The fourth-order valence-electron chi connectivity index (χ4n) is 1.64. The summed E-state index contributed by atoms with van der Waals surface area (Å²) in [5.41, 5.74) is 1.36. The van der Waals surface area contributed by atoms with Crippen LogP contribution in [-0.4, -0.2) is 19.9 Å². The van der Waals surface area contributed by atoms with E-state index in [2.05, 4.69) is 10.1 Å². The SMILES string of the molecule is Cn1nc(-c2nc3cc(O)ccc3o2)ccc1=O. The van der Waals surface area contributed by atoms with E-state index in [1.165, 1.54) is 22.9 Å². The number of phenolic OH excluding ortho intramolecular Hbond substituents is 1. The molecule has 18 heavy (non-hydrogen) atoms. The monoisotopic (exact) mass is 243 g/mol. The maximum atomic E-state index is 11.2. The molecule has 0 atom stereocenters. The lowest BCUT2D eigenvalue weighted by atomic mass is 10.3. The molecule has 1 N–H and O–H groups in total. The van der Waals surface area contributed by atoms with Crippen molar-refractivity contribution in [2.45, 2.75) is 0 Å².